The first-order valence-corrected chi connectivity index (χ1v) is 5.90. The maximum atomic E-state index is 11.3. The molecule has 0 aliphatic rings. The quantitative estimate of drug-likeness (QED) is 0.771. The van der Waals surface area contributed by atoms with E-state index in [0.717, 1.165) is 19.5 Å². The summed E-state index contributed by atoms with van der Waals surface area (Å²) in [4.78, 5) is 15.0. The van der Waals surface area contributed by atoms with E-state index in [-0.39, 0.29) is 5.69 Å². The van der Waals surface area contributed by atoms with Gasteiger partial charge in [0.25, 0.3) is 0 Å². The molecule has 0 atom stereocenters. The van der Waals surface area contributed by atoms with Gasteiger partial charge in [0.2, 0.25) is 0 Å². The van der Waals surface area contributed by atoms with Crippen LogP contribution in [0.1, 0.15) is 20.3 Å². The van der Waals surface area contributed by atoms with Crippen LogP contribution in [0.4, 0.5) is 0 Å². The molecule has 0 aliphatic heterocycles. The maximum Gasteiger partial charge on any atom is 0.347 e. The van der Waals surface area contributed by atoms with Crippen LogP contribution in [0.5, 0.6) is 0 Å². The van der Waals surface area contributed by atoms with E-state index < -0.39 is 0 Å². The summed E-state index contributed by atoms with van der Waals surface area (Å²) in [6.07, 6.45) is 3.89. The van der Waals surface area contributed by atoms with Gasteiger partial charge in [-0.25, -0.2) is 9.78 Å². The Balaban J connectivity index is 2.32. The number of aromatic nitrogens is 2. The smallest absolute Gasteiger partial charge is 0.316 e. The largest absolute Gasteiger partial charge is 0.347 e. The minimum absolute atomic E-state index is 0.242. The third-order valence-corrected chi connectivity index (χ3v) is 2.32. The summed E-state index contributed by atoms with van der Waals surface area (Å²) in [5, 5.41) is 3.82. The van der Waals surface area contributed by atoms with Crippen molar-refractivity contribution < 1.29 is 0 Å². The Morgan fingerprint density at radius 3 is 3.00 bits per heavy atom. The summed E-state index contributed by atoms with van der Waals surface area (Å²) in [7, 11) is 0. The molecule has 5 heteroatoms. The summed E-state index contributed by atoms with van der Waals surface area (Å²) in [6, 6.07) is 0. The van der Waals surface area contributed by atoms with Crippen LogP contribution in [0.3, 0.4) is 0 Å². The van der Waals surface area contributed by atoms with Gasteiger partial charge in [0.15, 0.2) is 0 Å². The summed E-state index contributed by atoms with van der Waals surface area (Å²) in [6.45, 7) is 6.88. The predicted molar refractivity (Wildman–Crippen MR) is 65.8 cm³/mol. The summed E-state index contributed by atoms with van der Waals surface area (Å²) in [5.74, 6) is 0.649. The van der Waals surface area contributed by atoms with E-state index in [4.69, 9.17) is 11.6 Å². The first-order chi connectivity index (χ1) is 7.59. The van der Waals surface area contributed by atoms with Crippen molar-refractivity contribution >= 4 is 11.6 Å². The van der Waals surface area contributed by atoms with Crippen LogP contribution in [-0.2, 0) is 6.54 Å². The summed E-state index contributed by atoms with van der Waals surface area (Å²) >= 11 is 5.76. The molecular weight excluding hydrogens is 226 g/mol. The summed E-state index contributed by atoms with van der Waals surface area (Å²) in [5.41, 5.74) is -0.242. The van der Waals surface area contributed by atoms with E-state index in [9.17, 15) is 4.79 Å². The monoisotopic (exact) mass is 243 g/mol. The first kappa shape index (κ1) is 13.2. The third kappa shape index (κ3) is 4.77. The Labute approximate surface area is 101 Å². The van der Waals surface area contributed by atoms with Crippen LogP contribution in [0, 0.1) is 5.92 Å². The highest BCUT2D eigenvalue weighted by atomic mass is 35.5. The highest BCUT2D eigenvalue weighted by Crippen LogP contribution is 2.01. The van der Waals surface area contributed by atoms with Gasteiger partial charge in [0.1, 0.15) is 0 Å². The number of rotatable bonds is 6. The molecule has 1 N–H and O–H groups in total. The van der Waals surface area contributed by atoms with Gasteiger partial charge in [-0.15, -0.1) is 0 Å². The van der Waals surface area contributed by atoms with Crippen molar-refractivity contribution in [1.29, 1.82) is 0 Å². The SMILES string of the molecule is CC(C)CNCCCn1cc(Cl)cnc1=O. The van der Waals surface area contributed by atoms with E-state index in [1.54, 1.807) is 10.8 Å². The molecule has 0 spiro atoms. The molecule has 1 aromatic rings. The van der Waals surface area contributed by atoms with Crippen LogP contribution in [0.2, 0.25) is 5.02 Å². The molecule has 0 aromatic carbocycles. The first-order valence-electron chi connectivity index (χ1n) is 5.52. The van der Waals surface area contributed by atoms with Crippen LogP contribution in [0.25, 0.3) is 0 Å². The zero-order valence-electron chi connectivity index (χ0n) is 9.74. The van der Waals surface area contributed by atoms with Crippen molar-refractivity contribution in [2.45, 2.75) is 26.8 Å². The van der Waals surface area contributed by atoms with Crippen molar-refractivity contribution in [1.82, 2.24) is 14.9 Å². The molecule has 0 bridgehead atoms. The molecule has 1 aromatic heterocycles. The third-order valence-electron chi connectivity index (χ3n) is 2.13. The van der Waals surface area contributed by atoms with Crippen LogP contribution < -0.4 is 11.0 Å². The lowest BCUT2D eigenvalue weighted by Crippen LogP contribution is -2.25. The minimum atomic E-state index is -0.242. The lowest BCUT2D eigenvalue weighted by atomic mass is 10.2. The molecule has 0 aliphatic carbocycles. The minimum Gasteiger partial charge on any atom is -0.316 e. The molecular formula is C11H18ClN3O. The maximum absolute atomic E-state index is 11.3. The Hall–Kier alpha value is -0.870. The molecule has 1 rings (SSSR count). The Bertz CT molecular complexity index is 376. The molecule has 0 unspecified atom stereocenters. The van der Waals surface area contributed by atoms with E-state index in [2.05, 4.69) is 24.1 Å². The molecule has 0 saturated carbocycles. The standard InChI is InChI=1S/C11H18ClN3O/c1-9(2)6-13-4-3-5-15-8-10(12)7-14-11(15)16/h7-9,13H,3-6H2,1-2H3. The predicted octanol–water partition coefficient (Wildman–Crippen LogP) is 1.53. The van der Waals surface area contributed by atoms with Crippen LogP contribution in [0.15, 0.2) is 17.2 Å². The van der Waals surface area contributed by atoms with Crippen LogP contribution in [-0.4, -0.2) is 22.6 Å². The fourth-order valence-corrected chi connectivity index (χ4v) is 1.52. The van der Waals surface area contributed by atoms with Gasteiger partial charge in [-0.2, -0.15) is 0 Å². The van der Waals surface area contributed by atoms with Gasteiger partial charge in [-0.1, -0.05) is 25.4 Å². The second-order valence-corrected chi connectivity index (χ2v) is 4.64. The number of hydrogen-bond acceptors (Lipinski definition) is 3. The van der Waals surface area contributed by atoms with Crippen molar-refractivity contribution in [3.63, 3.8) is 0 Å². The molecule has 0 fully saturated rings. The van der Waals surface area contributed by atoms with Gasteiger partial charge in [-0.05, 0) is 25.4 Å². The Kier molecular flexibility index (Phi) is 5.49. The number of hydrogen-bond donors (Lipinski definition) is 1. The normalized spacial score (nSPS) is 11.0. The fraction of sp³-hybridized carbons (Fsp3) is 0.636. The van der Waals surface area contributed by atoms with Gasteiger partial charge in [-0.3, -0.25) is 4.57 Å². The van der Waals surface area contributed by atoms with Crippen molar-refractivity contribution in [3.8, 4) is 0 Å². The van der Waals surface area contributed by atoms with Gasteiger partial charge in [0.05, 0.1) is 11.2 Å². The van der Waals surface area contributed by atoms with Crippen LogP contribution >= 0.6 is 11.6 Å². The Morgan fingerprint density at radius 2 is 2.31 bits per heavy atom. The van der Waals surface area contributed by atoms with E-state index in [1.807, 2.05) is 0 Å². The van der Waals surface area contributed by atoms with E-state index in [0.29, 0.717) is 17.5 Å². The lowest BCUT2D eigenvalue weighted by molar-refractivity contribution is 0.515. The lowest BCUT2D eigenvalue weighted by Gasteiger charge is -2.08. The average Bonchev–Trinajstić information content (AvgIpc) is 2.22. The van der Waals surface area contributed by atoms with Gasteiger partial charge >= 0.3 is 5.69 Å². The molecule has 90 valence electrons. The van der Waals surface area contributed by atoms with Crippen molar-refractivity contribution in [3.05, 3.63) is 27.9 Å². The topological polar surface area (TPSA) is 46.9 Å². The number of nitrogens with zero attached hydrogens (tertiary/aromatic N) is 2. The van der Waals surface area contributed by atoms with E-state index in [1.165, 1.54) is 6.20 Å². The zero-order chi connectivity index (χ0) is 12.0. The van der Waals surface area contributed by atoms with Gasteiger partial charge < -0.3 is 5.32 Å². The zero-order valence-corrected chi connectivity index (χ0v) is 10.5. The number of nitrogens with one attached hydrogen (secondary N) is 1. The Morgan fingerprint density at radius 1 is 1.56 bits per heavy atom. The molecule has 0 radical (unpaired) electrons. The number of halogens is 1. The molecule has 4 nitrogen and oxygen atoms in total. The van der Waals surface area contributed by atoms with Gasteiger partial charge in [0, 0.05) is 12.7 Å². The molecule has 1 heterocycles. The average molecular weight is 244 g/mol. The highest BCUT2D eigenvalue weighted by Gasteiger charge is 1.98. The highest BCUT2D eigenvalue weighted by molar-refractivity contribution is 6.30. The second-order valence-electron chi connectivity index (χ2n) is 4.20. The van der Waals surface area contributed by atoms with Crippen molar-refractivity contribution in [2.24, 2.45) is 5.92 Å². The fourth-order valence-electron chi connectivity index (χ4n) is 1.35. The molecule has 0 saturated heterocycles. The number of aryl methyl sites for hydroxylation is 1. The van der Waals surface area contributed by atoms with E-state index >= 15 is 0 Å². The molecule has 0 amide bonds. The second kappa shape index (κ2) is 6.66. The summed E-state index contributed by atoms with van der Waals surface area (Å²) < 4.78 is 1.54. The van der Waals surface area contributed by atoms with Crippen molar-refractivity contribution in [2.75, 3.05) is 13.1 Å². The molecule has 16 heavy (non-hydrogen) atoms.